The van der Waals surface area contributed by atoms with Crippen LogP contribution in [0.3, 0.4) is 0 Å². The molecule has 3 aromatic rings. The maximum atomic E-state index is 12.6. The molecule has 0 aliphatic carbocycles. The van der Waals surface area contributed by atoms with Gasteiger partial charge in [-0.05, 0) is 43.3 Å². The van der Waals surface area contributed by atoms with Gasteiger partial charge in [-0.25, -0.2) is 0 Å². The molecule has 0 bridgehead atoms. The van der Waals surface area contributed by atoms with Crippen LogP contribution in [0.2, 0.25) is 10.0 Å². The Bertz CT molecular complexity index is 1090. The molecule has 3 rings (SSSR count). The Morgan fingerprint density at radius 2 is 1.89 bits per heavy atom. The van der Waals surface area contributed by atoms with Crippen LogP contribution >= 0.6 is 50.5 Å². The van der Waals surface area contributed by atoms with E-state index in [9.17, 15) is 9.59 Å². The van der Waals surface area contributed by atoms with E-state index in [1.54, 1.807) is 47.9 Å². The van der Waals surface area contributed by atoms with Crippen LogP contribution in [0.5, 0.6) is 0 Å². The number of esters is 1. The van der Waals surface area contributed by atoms with Crippen molar-refractivity contribution in [3.05, 3.63) is 61.3 Å². The van der Waals surface area contributed by atoms with E-state index in [1.807, 2.05) is 0 Å². The van der Waals surface area contributed by atoms with Crippen molar-refractivity contribution in [1.29, 1.82) is 0 Å². The summed E-state index contributed by atoms with van der Waals surface area (Å²) in [5.74, 6) is -0.875. The zero-order valence-electron chi connectivity index (χ0n) is 14.0. The molecular formula is C18H13BrCl2N2O3S. The van der Waals surface area contributed by atoms with E-state index >= 15 is 0 Å². The molecule has 5 nitrogen and oxygen atoms in total. The molecule has 0 saturated heterocycles. The van der Waals surface area contributed by atoms with Crippen molar-refractivity contribution < 1.29 is 14.3 Å². The van der Waals surface area contributed by atoms with Gasteiger partial charge in [0, 0.05) is 10.0 Å². The Labute approximate surface area is 177 Å². The fourth-order valence-electron chi connectivity index (χ4n) is 2.41. The molecule has 0 N–H and O–H groups in total. The van der Waals surface area contributed by atoms with Crippen LogP contribution in [0.25, 0.3) is 10.2 Å². The highest BCUT2D eigenvalue weighted by atomic mass is 79.9. The summed E-state index contributed by atoms with van der Waals surface area (Å²) in [6.07, 6.45) is 0. The lowest BCUT2D eigenvalue weighted by atomic mass is 10.2. The molecule has 1 heterocycles. The molecule has 0 aliphatic heterocycles. The van der Waals surface area contributed by atoms with Gasteiger partial charge in [-0.1, -0.05) is 50.5 Å². The average Bonchev–Trinajstić information content (AvgIpc) is 2.97. The Hall–Kier alpha value is -1.67. The van der Waals surface area contributed by atoms with Gasteiger partial charge in [0.05, 0.1) is 26.9 Å². The van der Waals surface area contributed by atoms with Crippen LogP contribution in [-0.4, -0.2) is 23.1 Å². The SMILES string of the molecule is CCOC(=O)Cn1c(=NC(=O)c2ccc(Br)cc2)sc2ccc(Cl)c(Cl)c21. The molecule has 0 radical (unpaired) electrons. The van der Waals surface area contributed by atoms with E-state index in [0.29, 0.717) is 25.9 Å². The summed E-state index contributed by atoms with van der Waals surface area (Å²) >= 11 is 17.0. The number of amides is 1. The summed E-state index contributed by atoms with van der Waals surface area (Å²) in [5.41, 5.74) is 0.979. The minimum absolute atomic E-state index is 0.125. The Kier molecular flexibility index (Phi) is 6.37. The number of fused-ring (bicyclic) bond motifs is 1. The highest BCUT2D eigenvalue weighted by Crippen LogP contribution is 2.32. The van der Waals surface area contributed by atoms with Crippen molar-refractivity contribution in [2.24, 2.45) is 4.99 Å². The number of nitrogens with zero attached hydrogens (tertiary/aromatic N) is 2. The number of hydrogen-bond donors (Lipinski definition) is 0. The smallest absolute Gasteiger partial charge is 0.326 e. The second-order valence-electron chi connectivity index (χ2n) is 5.41. The van der Waals surface area contributed by atoms with Gasteiger partial charge in [0.1, 0.15) is 6.54 Å². The van der Waals surface area contributed by atoms with Gasteiger partial charge >= 0.3 is 5.97 Å². The van der Waals surface area contributed by atoms with Crippen LogP contribution in [0, 0.1) is 0 Å². The topological polar surface area (TPSA) is 60.7 Å². The summed E-state index contributed by atoms with van der Waals surface area (Å²) in [7, 11) is 0. The number of thiazole rings is 1. The molecule has 2 aromatic carbocycles. The van der Waals surface area contributed by atoms with E-state index in [1.165, 1.54) is 11.3 Å². The Balaban J connectivity index is 2.16. The molecule has 140 valence electrons. The molecule has 27 heavy (non-hydrogen) atoms. The Morgan fingerprint density at radius 3 is 2.56 bits per heavy atom. The van der Waals surface area contributed by atoms with Crippen LogP contribution in [0.1, 0.15) is 17.3 Å². The van der Waals surface area contributed by atoms with Gasteiger partial charge in [0.2, 0.25) is 0 Å². The molecule has 0 atom stereocenters. The monoisotopic (exact) mass is 486 g/mol. The van der Waals surface area contributed by atoms with Gasteiger partial charge in [0.25, 0.3) is 5.91 Å². The molecule has 1 aromatic heterocycles. The molecule has 0 unspecified atom stereocenters. The summed E-state index contributed by atoms with van der Waals surface area (Å²) in [6, 6.07) is 10.3. The number of halogens is 3. The standard InChI is InChI=1S/C18H13BrCl2N2O3S/c1-2-26-14(24)9-23-16-13(8-7-12(20)15(16)21)27-18(23)22-17(25)10-3-5-11(19)6-4-10/h3-8H,2,9H2,1H3. The maximum absolute atomic E-state index is 12.6. The third-order valence-electron chi connectivity index (χ3n) is 3.61. The highest BCUT2D eigenvalue weighted by molar-refractivity contribution is 9.10. The number of benzene rings is 2. The third-order valence-corrected chi connectivity index (χ3v) is 5.98. The van der Waals surface area contributed by atoms with E-state index in [2.05, 4.69) is 20.9 Å². The third kappa shape index (κ3) is 4.43. The predicted octanol–water partition coefficient (Wildman–Crippen LogP) is 5.08. The Morgan fingerprint density at radius 1 is 1.19 bits per heavy atom. The minimum atomic E-state index is -0.453. The van der Waals surface area contributed by atoms with Crippen molar-refractivity contribution >= 4 is 72.6 Å². The second kappa shape index (κ2) is 8.56. The first-order valence-corrected chi connectivity index (χ1v) is 10.2. The molecule has 0 saturated carbocycles. The summed E-state index contributed by atoms with van der Waals surface area (Å²) in [5, 5.41) is 0.651. The number of aromatic nitrogens is 1. The fourth-order valence-corrected chi connectivity index (χ4v) is 4.19. The van der Waals surface area contributed by atoms with Crippen LogP contribution < -0.4 is 4.80 Å². The van der Waals surface area contributed by atoms with Gasteiger partial charge < -0.3 is 9.30 Å². The lowest BCUT2D eigenvalue weighted by molar-refractivity contribution is -0.143. The van der Waals surface area contributed by atoms with Crippen LogP contribution in [-0.2, 0) is 16.1 Å². The van der Waals surface area contributed by atoms with Gasteiger partial charge in [0.15, 0.2) is 4.80 Å². The zero-order chi connectivity index (χ0) is 19.6. The lowest BCUT2D eigenvalue weighted by Crippen LogP contribution is -2.23. The van der Waals surface area contributed by atoms with E-state index in [0.717, 1.165) is 9.17 Å². The van der Waals surface area contributed by atoms with Crippen molar-refractivity contribution in [3.63, 3.8) is 0 Å². The van der Waals surface area contributed by atoms with Crippen molar-refractivity contribution in [1.82, 2.24) is 4.57 Å². The minimum Gasteiger partial charge on any atom is -0.465 e. The number of hydrogen-bond acceptors (Lipinski definition) is 4. The van der Waals surface area contributed by atoms with Gasteiger partial charge in [-0.3, -0.25) is 9.59 Å². The molecule has 9 heteroatoms. The molecule has 0 fully saturated rings. The van der Waals surface area contributed by atoms with E-state index < -0.39 is 11.9 Å². The second-order valence-corrected chi connectivity index (χ2v) is 8.12. The normalized spacial score (nSPS) is 11.8. The quantitative estimate of drug-likeness (QED) is 0.482. The van der Waals surface area contributed by atoms with Gasteiger partial charge in [-0.15, -0.1) is 0 Å². The van der Waals surface area contributed by atoms with Gasteiger partial charge in [-0.2, -0.15) is 4.99 Å². The van der Waals surface area contributed by atoms with E-state index in [-0.39, 0.29) is 13.2 Å². The number of rotatable bonds is 4. The molecular weight excluding hydrogens is 475 g/mol. The number of ether oxygens (including phenoxy) is 1. The van der Waals surface area contributed by atoms with Crippen molar-refractivity contribution in [2.45, 2.75) is 13.5 Å². The first kappa shape index (κ1) is 20.1. The highest BCUT2D eigenvalue weighted by Gasteiger charge is 2.16. The summed E-state index contributed by atoms with van der Waals surface area (Å²) in [6.45, 7) is 1.85. The summed E-state index contributed by atoms with van der Waals surface area (Å²) in [4.78, 5) is 29.1. The first-order chi connectivity index (χ1) is 12.9. The van der Waals surface area contributed by atoms with Crippen molar-refractivity contribution in [2.75, 3.05) is 6.61 Å². The number of carbonyl (C=O) groups is 2. The first-order valence-electron chi connectivity index (χ1n) is 7.88. The zero-order valence-corrected chi connectivity index (χ0v) is 18.0. The van der Waals surface area contributed by atoms with Crippen LogP contribution in [0.4, 0.5) is 0 Å². The summed E-state index contributed by atoms with van der Waals surface area (Å²) < 4.78 is 8.21. The van der Waals surface area contributed by atoms with Crippen LogP contribution in [0.15, 0.2) is 45.9 Å². The molecule has 0 aliphatic rings. The van der Waals surface area contributed by atoms with E-state index in [4.69, 9.17) is 27.9 Å². The molecule has 1 amide bonds. The average molecular weight is 488 g/mol. The fraction of sp³-hybridized carbons (Fsp3) is 0.167. The number of carbonyl (C=O) groups excluding carboxylic acids is 2. The predicted molar refractivity (Wildman–Crippen MR) is 111 cm³/mol. The largest absolute Gasteiger partial charge is 0.465 e. The lowest BCUT2D eigenvalue weighted by Gasteiger charge is -2.07. The maximum Gasteiger partial charge on any atom is 0.326 e. The van der Waals surface area contributed by atoms with Crippen molar-refractivity contribution in [3.8, 4) is 0 Å². The molecule has 0 spiro atoms.